The maximum Gasteiger partial charge on any atom is 0.420 e. The number of rotatable bonds is 7. The molecule has 1 aromatic heterocycles. The van der Waals surface area contributed by atoms with E-state index >= 15 is 0 Å². The van der Waals surface area contributed by atoms with Gasteiger partial charge in [-0.2, -0.15) is 13.2 Å². The first-order valence-electron chi connectivity index (χ1n) is 11.7. The van der Waals surface area contributed by atoms with Gasteiger partial charge in [0.15, 0.2) is 6.29 Å². The molecule has 39 heavy (non-hydrogen) atoms. The zero-order valence-corrected chi connectivity index (χ0v) is 21.6. The number of nitrogens with zero attached hydrogens (tertiary/aromatic N) is 3. The van der Waals surface area contributed by atoms with E-state index in [1.54, 1.807) is 0 Å². The quantitative estimate of drug-likeness (QED) is 0.170. The number of ether oxygens (including phenoxy) is 1. The second-order valence-electron chi connectivity index (χ2n) is 8.64. The van der Waals surface area contributed by atoms with Gasteiger partial charge in [0.05, 0.1) is 12.1 Å². The largest absolute Gasteiger partial charge is 0.448 e. The summed E-state index contributed by atoms with van der Waals surface area (Å²) in [4.78, 5) is 32.9. The van der Waals surface area contributed by atoms with Crippen molar-refractivity contribution in [2.45, 2.75) is 23.7 Å². The van der Waals surface area contributed by atoms with Crippen LogP contribution in [-0.4, -0.2) is 33.3 Å². The summed E-state index contributed by atoms with van der Waals surface area (Å²) in [6.07, 6.45) is -2.31. The summed E-state index contributed by atoms with van der Waals surface area (Å²) in [7, 11) is 0. The highest BCUT2D eigenvalue weighted by Gasteiger charge is 2.33. The highest BCUT2D eigenvalue weighted by atomic mass is 35.5. The normalized spacial score (nSPS) is 12.5. The predicted molar refractivity (Wildman–Crippen MR) is 140 cm³/mol. The molecule has 0 saturated carbocycles. The fraction of sp³-hybridized carbons (Fsp3) is 0.143. The number of fused-ring (bicyclic) bond motifs is 3. The summed E-state index contributed by atoms with van der Waals surface area (Å²) in [5, 5.41) is -0.0375. The summed E-state index contributed by atoms with van der Waals surface area (Å²) < 4.78 is 47.0. The SMILES string of the molecule is O=Cc1nccnc1SN(Cc1cc(Cl)cc(C(F)(F)F)c1)C(=O)OCC1c2ccccc2-c2ccccc21. The molecule has 4 aromatic rings. The number of hydrogen-bond acceptors (Lipinski definition) is 6. The molecule has 0 N–H and O–H groups in total. The van der Waals surface area contributed by atoms with Crippen molar-refractivity contribution in [3.63, 3.8) is 0 Å². The second kappa shape index (κ2) is 11.1. The van der Waals surface area contributed by atoms with Crippen LogP contribution in [0.2, 0.25) is 5.02 Å². The predicted octanol–water partition coefficient (Wildman–Crippen LogP) is 7.42. The number of carbonyl (C=O) groups excluding carboxylic acids is 2. The number of aromatic nitrogens is 2. The van der Waals surface area contributed by atoms with Crippen molar-refractivity contribution in [2.75, 3.05) is 6.61 Å². The van der Waals surface area contributed by atoms with E-state index < -0.39 is 17.8 Å². The fourth-order valence-electron chi connectivity index (χ4n) is 4.46. The van der Waals surface area contributed by atoms with Gasteiger partial charge in [-0.3, -0.25) is 4.79 Å². The van der Waals surface area contributed by atoms with Gasteiger partial charge >= 0.3 is 12.3 Å². The van der Waals surface area contributed by atoms with Crippen LogP contribution in [0.1, 0.15) is 38.7 Å². The van der Waals surface area contributed by atoms with Crippen molar-refractivity contribution in [3.8, 4) is 11.1 Å². The Morgan fingerprint density at radius 1 is 1.00 bits per heavy atom. The molecule has 1 heterocycles. The van der Waals surface area contributed by atoms with Gasteiger partial charge in [-0.25, -0.2) is 19.1 Å². The van der Waals surface area contributed by atoms with E-state index in [1.807, 2.05) is 48.5 Å². The Labute approximate surface area is 230 Å². The van der Waals surface area contributed by atoms with E-state index in [0.717, 1.165) is 50.6 Å². The number of halogens is 4. The molecular weight excluding hydrogens is 551 g/mol. The lowest BCUT2D eigenvalue weighted by molar-refractivity contribution is -0.137. The van der Waals surface area contributed by atoms with Crippen LogP contribution in [-0.2, 0) is 17.5 Å². The Hall–Kier alpha value is -3.89. The van der Waals surface area contributed by atoms with Crippen molar-refractivity contribution >= 4 is 35.9 Å². The van der Waals surface area contributed by atoms with E-state index in [2.05, 4.69) is 9.97 Å². The Morgan fingerprint density at radius 3 is 2.28 bits per heavy atom. The standard InChI is InChI=1S/C28H19ClF3N3O3S/c29-19-12-17(11-18(13-19)28(30,31)32)14-35(39-26-25(15-36)33-9-10-34-26)27(37)38-16-24-22-7-3-1-5-20(22)21-6-2-4-8-23(21)24/h1-13,15,24H,14,16H2. The number of aldehydes is 1. The minimum absolute atomic E-state index is 0.00568. The van der Waals surface area contributed by atoms with E-state index in [1.165, 1.54) is 18.5 Å². The first-order chi connectivity index (χ1) is 18.7. The van der Waals surface area contributed by atoms with E-state index in [4.69, 9.17) is 16.3 Å². The Balaban J connectivity index is 1.42. The minimum atomic E-state index is -4.63. The summed E-state index contributed by atoms with van der Waals surface area (Å²) >= 11 is 6.71. The molecule has 3 aromatic carbocycles. The molecule has 0 fully saturated rings. The molecule has 1 aliphatic carbocycles. The maximum absolute atomic E-state index is 13.4. The van der Waals surface area contributed by atoms with Crippen LogP contribution in [0.5, 0.6) is 0 Å². The summed E-state index contributed by atoms with van der Waals surface area (Å²) in [6.45, 7) is -0.311. The van der Waals surface area contributed by atoms with Crippen LogP contribution in [0.25, 0.3) is 11.1 Å². The van der Waals surface area contributed by atoms with E-state index in [9.17, 15) is 22.8 Å². The highest BCUT2D eigenvalue weighted by molar-refractivity contribution is 7.97. The molecule has 5 rings (SSSR count). The number of hydrogen-bond donors (Lipinski definition) is 0. The minimum Gasteiger partial charge on any atom is -0.448 e. The van der Waals surface area contributed by atoms with Crippen molar-refractivity contribution in [1.82, 2.24) is 14.3 Å². The van der Waals surface area contributed by atoms with Crippen LogP contribution >= 0.6 is 23.5 Å². The van der Waals surface area contributed by atoms with Crippen LogP contribution in [0.15, 0.2) is 84.1 Å². The summed E-state index contributed by atoms with van der Waals surface area (Å²) in [5.41, 5.74) is 3.26. The lowest BCUT2D eigenvalue weighted by Gasteiger charge is -2.23. The van der Waals surface area contributed by atoms with Crippen molar-refractivity contribution in [3.05, 3.63) is 112 Å². The zero-order valence-electron chi connectivity index (χ0n) is 20.1. The molecule has 0 aliphatic heterocycles. The maximum atomic E-state index is 13.4. The van der Waals surface area contributed by atoms with Crippen molar-refractivity contribution in [1.29, 1.82) is 0 Å². The van der Waals surface area contributed by atoms with Crippen molar-refractivity contribution in [2.24, 2.45) is 0 Å². The Bertz CT molecular complexity index is 1500. The Kier molecular flexibility index (Phi) is 7.58. The number of benzene rings is 3. The van der Waals surface area contributed by atoms with Gasteiger partial charge in [-0.15, -0.1) is 0 Å². The molecule has 0 radical (unpaired) electrons. The summed E-state index contributed by atoms with van der Waals surface area (Å²) in [6, 6.07) is 18.7. The number of alkyl halides is 3. The van der Waals surface area contributed by atoms with Gasteiger partial charge in [-0.1, -0.05) is 60.1 Å². The van der Waals surface area contributed by atoms with E-state index in [0.29, 0.717) is 6.29 Å². The van der Waals surface area contributed by atoms with Gasteiger partial charge < -0.3 is 4.74 Å². The molecule has 0 bridgehead atoms. The van der Waals surface area contributed by atoms with Gasteiger partial charge in [0.2, 0.25) is 0 Å². The monoisotopic (exact) mass is 569 g/mol. The highest BCUT2D eigenvalue weighted by Crippen LogP contribution is 2.44. The number of carbonyl (C=O) groups is 2. The van der Waals surface area contributed by atoms with Gasteiger partial charge in [0.25, 0.3) is 0 Å². The fourth-order valence-corrected chi connectivity index (χ4v) is 5.57. The zero-order chi connectivity index (χ0) is 27.6. The van der Waals surface area contributed by atoms with Gasteiger partial charge in [0.1, 0.15) is 17.3 Å². The lowest BCUT2D eigenvalue weighted by atomic mass is 9.98. The molecule has 0 unspecified atom stereocenters. The third kappa shape index (κ3) is 5.76. The topological polar surface area (TPSA) is 72.4 Å². The molecule has 0 spiro atoms. The first-order valence-corrected chi connectivity index (χ1v) is 12.8. The summed E-state index contributed by atoms with van der Waals surface area (Å²) in [5.74, 6) is -0.224. The first kappa shape index (κ1) is 26.7. The van der Waals surface area contributed by atoms with Crippen molar-refractivity contribution < 1.29 is 27.5 Å². The van der Waals surface area contributed by atoms with Crippen LogP contribution in [0.3, 0.4) is 0 Å². The van der Waals surface area contributed by atoms with Gasteiger partial charge in [-0.05, 0) is 46.0 Å². The third-order valence-electron chi connectivity index (χ3n) is 6.15. The molecule has 0 atom stereocenters. The average molecular weight is 570 g/mol. The third-order valence-corrected chi connectivity index (χ3v) is 7.35. The molecular formula is C28H19ClF3N3O3S. The van der Waals surface area contributed by atoms with Gasteiger partial charge in [0, 0.05) is 35.3 Å². The van der Waals surface area contributed by atoms with Crippen LogP contribution in [0.4, 0.5) is 18.0 Å². The Morgan fingerprint density at radius 2 is 1.64 bits per heavy atom. The lowest BCUT2D eigenvalue weighted by Crippen LogP contribution is -2.27. The molecule has 0 saturated heterocycles. The molecule has 11 heteroatoms. The van der Waals surface area contributed by atoms with E-state index in [-0.39, 0.29) is 40.4 Å². The molecule has 198 valence electrons. The smallest absolute Gasteiger partial charge is 0.420 e. The average Bonchev–Trinajstić information content (AvgIpc) is 3.24. The molecule has 1 aliphatic rings. The molecule has 1 amide bonds. The van der Waals surface area contributed by atoms with Crippen LogP contribution in [0, 0.1) is 0 Å². The number of amides is 1. The second-order valence-corrected chi connectivity index (χ2v) is 10.1. The van der Waals surface area contributed by atoms with Crippen LogP contribution < -0.4 is 0 Å². The molecule has 6 nitrogen and oxygen atoms in total.